The van der Waals surface area contributed by atoms with Gasteiger partial charge in [0.05, 0.1) is 0 Å². The Bertz CT molecular complexity index is 217. The lowest BCUT2D eigenvalue weighted by atomic mass is 10.0. The first kappa shape index (κ1) is 19.6. The first-order chi connectivity index (χ1) is 9.66. The Labute approximate surface area is 126 Å². The Morgan fingerprint density at radius 2 is 1.30 bits per heavy atom. The van der Waals surface area contributed by atoms with Crippen molar-refractivity contribution in [3.63, 3.8) is 0 Å². The summed E-state index contributed by atoms with van der Waals surface area (Å²) >= 11 is 0. The molecule has 0 fully saturated rings. The molecular formula is C17H36N2O. The van der Waals surface area contributed by atoms with E-state index in [2.05, 4.69) is 24.3 Å². The van der Waals surface area contributed by atoms with Crippen LogP contribution in [0.3, 0.4) is 0 Å². The van der Waals surface area contributed by atoms with E-state index in [-0.39, 0.29) is 0 Å². The van der Waals surface area contributed by atoms with Gasteiger partial charge in [0, 0.05) is 12.8 Å². The summed E-state index contributed by atoms with van der Waals surface area (Å²) < 4.78 is 0. The second-order valence-electron chi connectivity index (χ2n) is 6.13. The molecule has 120 valence electrons. The van der Waals surface area contributed by atoms with E-state index in [1.807, 2.05) is 7.05 Å². The van der Waals surface area contributed by atoms with Crippen LogP contribution in [0.5, 0.6) is 0 Å². The lowest BCUT2D eigenvalue weighted by Crippen LogP contribution is -2.12. The predicted octanol–water partition coefficient (Wildman–Crippen LogP) is 3.63. The summed E-state index contributed by atoms with van der Waals surface area (Å²) in [6.45, 7) is 2.29. The van der Waals surface area contributed by atoms with Crippen LogP contribution in [0.15, 0.2) is 0 Å². The van der Waals surface area contributed by atoms with Crippen molar-refractivity contribution in [2.24, 2.45) is 0 Å². The third kappa shape index (κ3) is 15.6. The largest absolute Gasteiger partial charge is 0.320 e. The Kier molecular flexibility index (Phi) is 14.7. The maximum absolute atomic E-state index is 11.7. The van der Waals surface area contributed by atoms with Gasteiger partial charge >= 0.3 is 0 Å². The smallest absolute Gasteiger partial charge is 0.132 e. The topological polar surface area (TPSA) is 32.3 Å². The number of rotatable bonds is 15. The molecular weight excluding hydrogens is 248 g/mol. The maximum atomic E-state index is 11.7. The van der Waals surface area contributed by atoms with Crippen LogP contribution in [0, 0.1) is 0 Å². The number of carbonyl (C=O) groups is 1. The Hall–Kier alpha value is -0.410. The van der Waals surface area contributed by atoms with Crippen LogP contribution in [0.4, 0.5) is 0 Å². The number of unbranched alkanes of at least 4 members (excludes halogenated alkanes) is 7. The normalized spacial score (nSPS) is 11.2. The van der Waals surface area contributed by atoms with Gasteiger partial charge in [0.2, 0.25) is 0 Å². The molecule has 0 unspecified atom stereocenters. The summed E-state index contributed by atoms with van der Waals surface area (Å²) in [5, 5.41) is 3.16. The SMILES string of the molecule is CNCCCCCCCC(=O)CCCCCCN(C)C. The zero-order valence-electron chi connectivity index (χ0n) is 14.0. The van der Waals surface area contributed by atoms with Gasteiger partial charge in [-0.25, -0.2) is 0 Å². The highest BCUT2D eigenvalue weighted by atomic mass is 16.1. The molecule has 3 heteroatoms. The van der Waals surface area contributed by atoms with Gasteiger partial charge < -0.3 is 10.2 Å². The summed E-state index contributed by atoms with van der Waals surface area (Å²) in [5.74, 6) is 0.479. The van der Waals surface area contributed by atoms with E-state index in [0.717, 1.165) is 32.2 Å². The third-order valence-electron chi connectivity index (χ3n) is 3.69. The van der Waals surface area contributed by atoms with Crippen molar-refractivity contribution in [2.45, 2.75) is 70.6 Å². The molecule has 0 aromatic rings. The van der Waals surface area contributed by atoms with E-state index in [4.69, 9.17) is 0 Å². The first-order valence-corrected chi connectivity index (χ1v) is 8.48. The fraction of sp³-hybridized carbons (Fsp3) is 0.941. The maximum Gasteiger partial charge on any atom is 0.132 e. The quantitative estimate of drug-likeness (QED) is 0.466. The highest BCUT2D eigenvalue weighted by Crippen LogP contribution is 2.09. The third-order valence-corrected chi connectivity index (χ3v) is 3.69. The van der Waals surface area contributed by atoms with Gasteiger partial charge in [-0.1, -0.05) is 32.1 Å². The van der Waals surface area contributed by atoms with Gasteiger partial charge in [-0.05, 0) is 59.9 Å². The number of Topliss-reactive ketones (excluding diaryl/α,β-unsaturated/α-hetero) is 1. The van der Waals surface area contributed by atoms with Crippen LogP contribution in [0.2, 0.25) is 0 Å². The number of ketones is 1. The Morgan fingerprint density at radius 3 is 1.85 bits per heavy atom. The Morgan fingerprint density at radius 1 is 0.800 bits per heavy atom. The van der Waals surface area contributed by atoms with Gasteiger partial charge in [0.25, 0.3) is 0 Å². The molecule has 0 aromatic carbocycles. The minimum atomic E-state index is 0.479. The average Bonchev–Trinajstić information content (AvgIpc) is 2.41. The molecule has 0 saturated heterocycles. The fourth-order valence-electron chi connectivity index (χ4n) is 2.38. The van der Waals surface area contributed by atoms with Crippen molar-refractivity contribution in [2.75, 3.05) is 34.2 Å². The average molecular weight is 284 g/mol. The molecule has 0 aromatic heterocycles. The summed E-state index contributed by atoms with van der Waals surface area (Å²) in [6.07, 6.45) is 12.6. The van der Waals surface area contributed by atoms with Crippen LogP contribution < -0.4 is 5.32 Å². The van der Waals surface area contributed by atoms with Crippen molar-refractivity contribution in [1.29, 1.82) is 0 Å². The summed E-state index contributed by atoms with van der Waals surface area (Å²) in [4.78, 5) is 13.9. The van der Waals surface area contributed by atoms with E-state index >= 15 is 0 Å². The number of nitrogens with one attached hydrogen (secondary N) is 1. The van der Waals surface area contributed by atoms with E-state index in [1.165, 1.54) is 51.5 Å². The van der Waals surface area contributed by atoms with Crippen LogP contribution in [-0.4, -0.2) is 44.9 Å². The van der Waals surface area contributed by atoms with Crippen molar-refractivity contribution < 1.29 is 4.79 Å². The van der Waals surface area contributed by atoms with E-state index < -0.39 is 0 Å². The van der Waals surface area contributed by atoms with Gasteiger partial charge in [-0.2, -0.15) is 0 Å². The van der Waals surface area contributed by atoms with Crippen molar-refractivity contribution in [3.05, 3.63) is 0 Å². The van der Waals surface area contributed by atoms with Crippen LogP contribution in [0.25, 0.3) is 0 Å². The highest BCUT2D eigenvalue weighted by molar-refractivity contribution is 5.78. The zero-order valence-corrected chi connectivity index (χ0v) is 14.0. The van der Waals surface area contributed by atoms with E-state index in [0.29, 0.717) is 5.78 Å². The van der Waals surface area contributed by atoms with Crippen molar-refractivity contribution in [1.82, 2.24) is 10.2 Å². The zero-order chi connectivity index (χ0) is 15.1. The molecule has 0 bridgehead atoms. The molecule has 0 spiro atoms. The van der Waals surface area contributed by atoms with Crippen molar-refractivity contribution >= 4 is 5.78 Å². The molecule has 0 aliphatic heterocycles. The number of hydrogen-bond acceptors (Lipinski definition) is 3. The Balaban J connectivity index is 3.17. The van der Waals surface area contributed by atoms with Gasteiger partial charge in [0.1, 0.15) is 5.78 Å². The summed E-state index contributed by atoms with van der Waals surface area (Å²) in [6, 6.07) is 0. The summed E-state index contributed by atoms with van der Waals surface area (Å²) in [5.41, 5.74) is 0. The molecule has 3 nitrogen and oxygen atoms in total. The highest BCUT2D eigenvalue weighted by Gasteiger charge is 2.02. The standard InChI is InChI=1S/C17H36N2O/c1-18-15-11-7-4-5-9-13-17(20)14-10-6-8-12-16-19(2)3/h18H,4-16H2,1-3H3. The second-order valence-corrected chi connectivity index (χ2v) is 6.13. The van der Waals surface area contributed by atoms with Crippen LogP contribution >= 0.6 is 0 Å². The van der Waals surface area contributed by atoms with Crippen LogP contribution in [-0.2, 0) is 4.79 Å². The molecule has 0 heterocycles. The molecule has 0 aliphatic rings. The second kappa shape index (κ2) is 15.0. The number of hydrogen-bond donors (Lipinski definition) is 1. The molecule has 1 N–H and O–H groups in total. The molecule has 0 saturated carbocycles. The molecule has 20 heavy (non-hydrogen) atoms. The lowest BCUT2D eigenvalue weighted by Gasteiger charge is -2.08. The molecule has 0 rings (SSSR count). The fourth-order valence-corrected chi connectivity index (χ4v) is 2.38. The minimum absolute atomic E-state index is 0.479. The van der Waals surface area contributed by atoms with Gasteiger partial charge in [0.15, 0.2) is 0 Å². The first-order valence-electron chi connectivity index (χ1n) is 8.48. The molecule has 0 aliphatic carbocycles. The molecule has 0 radical (unpaired) electrons. The van der Waals surface area contributed by atoms with Gasteiger partial charge in [-0.15, -0.1) is 0 Å². The number of carbonyl (C=O) groups excluding carboxylic acids is 1. The van der Waals surface area contributed by atoms with E-state index in [9.17, 15) is 4.79 Å². The lowest BCUT2D eigenvalue weighted by molar-refractivity contribution is -0.119. The van der Waals surface area contributed by atoms with Crippen molar-refractivity contribution in [3.8, 4) is 0 Å². The molecule has 0 atom stereocenters. The van der Waals surface area contributed by atoms with Gasteiger partial charge in [-0.3, -0.25) is 4.79 Å². The number of nitrogens with zero attached hydrogens (tertiary/aromatic N) is 1. The van der Waals surface area contributed by atoms with E-state index in [1.54, 1.807) is 0 Å². The minimum Gasteiger partial charge on any atom is -0.320 e. The molecule has 0 amide bonds. The predicted molar refractivity (Wildman–Crippen MR) is 88.3 cm³/mol. The van der Waals surface area contributed by atoms with Crippen LogP contribution in [0.1, 0.15) is 70.6 Å². The monoisotopic (exact) mass is 284 g/mol. The summed E-state index contributed by atoms with van der Waals surface area (Å²) in [7, 11) is 6.23.